The van der Waals surface area contributed by atoms with Crippen LogP contribution < -0.4 is 5.32 Å². The van der Waals surface area contributed by atoms with E-state index < -0.39 is 9.84 Å². The van der Waals surface area contributed by atoms with Gasteiger partial charge in [-0.3, -0.25) is 0 Å². The molecule has 1 N–H and O–H groups in total. The van der Waals surface area contributed by atoms with Gasteiger partial charge < -0.3 is 5.32 Å². The Morgan fingerprint density at radius 3 is 2.29 bits per heavy atom. The fourth-order valence-corrected chi connectivity index (χ4v) is 3.01. The molecule has 0 aliphatic carbocycles. The van der Waals surface area contributed by atoms with E-state index in [4.69, 9.17) is 11.6 Å². The molecule has 0 spiro atoms. The zero-order valence-electron chi connectivity index (χ0n) is 12.3. The van der Waals surface area contributed by atoms with Crippen molar-refractivity contribution in [1.29, 1.82) is 0 Å². The number of aryl methyl sites for hydroxylation is 2. The van der Waals surface area contributed by atoms with Crippen LogP contribution in [0.15, 0.2) is 41.3 Å². The molecule has 0 saturated carbocycles. The maximum absolute atomic E-state index is 11.6. The molecule has 2 aromatic rings. The summed E-state index contributed by atoms with van der Waals surface area (Å²) in [6.45, 7) is 4.71. The zero-order valence-corrected chi connectivity index (χ0v) is 13.8. The molecular formula is C16H18ClNO2S. The fraction of sp³-hybridized carbons (Fsp3) is 0.250. The van der Waals surface area contributed by atoms with Gasteiger partial charge in [-0.25, -0.2) is 8.42 Å². The van der Waals surface area contributed by atoms with Gasteiger partial charge in [-0.1, -0.05) is 29.8 Å². The number of hydrogen-bond acceptors (Lipinski definition) is 3. The second-order valence-electron chi connectivity index (χ2n) is 5.14. The van der Waals surface area contributed by atoms with Crippen molar-refractivity contribution in [2.75, 3.05) is 11.6 Å². The SMILES string of the molecule is Cc1cccc(C)c1CNc1cc(S(C)(=O)=O)ccc1Cl. The lowest BCUT2D eigenvalue weighted by molar-refractivity contribution is 0.602. The molecule has 0 atom stereocenters. The smallest absolute Gasteiger partial charge is 0.175 e. The highest BCUT2D eigenvalue weighted by Gasteiger charge is 2.10. The summed E-state index contributed by atoms with van der Waals surface area (Å²) < 4.78 is 23.2. The minimum Gasteiger partial charge on any atom is -0.380 e. The minimum absolute atomic E-state index is 0.260. The second-order valence-corrected chi connectivity index (χ2v) is 7.56. The van der Waals surface area contributed by atoms with Gasteiger partial charge in [-0.2, -0.15) is 0 Å². The zero-order chi connectivity index (χ0) is 15.6. The molecular weight excluding hydrogens is 306 g/mol. The number of rotatable bonds is 4. The number of nitrogens with one attached hydrogen (secondary N) is 1. The molecule has 21 heavy (non-hydrogen) atoms. The van der Waals surface area contributed by atoms with E-state index in [0.717, 1.165) is 0 Å². The summed E-state index contributed by atoms with van der Waals surface area (Å²) >= 11 is 6.13. The Balaban J connectivity index is 2.28. The molecule has 2 aromatic carbocycles. The molecule has 112 valence electrons. The summed E-state index contributed by atoms with van der Waals surface area (Å²) in [4.78, 5) is 0.260. The first-order valence-corrected chi connectivity index (χ1v) is 8.84. The molecule has 0 fully saturated rings. The lowest BCUT2D eigenvalue weighted by Gasteiger charge is -2.13. The molecule has 0 radical (unpaired) electrons. The van der Waals surface area contributed by atoms with Crippen LogP contribution in [-0.4, -0.2) is 14.7 Å². The van der Waals surface area contributed by atoms with Gasteiger partial charge in [0.25, 0.3) is 0 Å². The average molecular weight is 324 g/mol. The Bertz CT molecular complexity index is 750. The van der Waals surface area contributed by atoms with E-state index in [9.17, 15) is 8.42 Å². The maximum atomic E-state index is 11.6. The third-order valence-corrected chi connectivity index (χ3v) is 4.91. The van der Waals surface area contributed by atoms with Crippen LogP contribution in [0.1, 0.15) is 16.7 Å². The number of halogens is 1. The predicted molar refractivity (Wildman–Crippen MR) is 87.8 cm³/mol. The first-order chi connectivity index (χ1) is 9.79. The van der Waals surface area contributed by atoms with Gasteiger partial charge in [0.05, 0.1) is 15.6 Å². The molecule has 0 aliphatic heterocycles. The number of anilines is 1. The Kier molecular flexibility index (Phi) is 4.59. The number of benzene rings is 2. The van der Waals surface area contributed by atoms with Crippen molar-refractivity contribution in [3.63, 3.8) is 0 Å². The van der Waals surface area contributed by atoms with Crippen LogP contribution in [-0.2, 0) is 16.4 Å². The molecule has 5 heteroatoms. The van der Waals surface area contributed by atoms with Crippen LogP contribution in [0.25, 0.3) is 0 Å². The van der Waals surface area contributed by atoms with Crippen molar-refractivity contribution in [3.05, 3.63) is 58.1 Å². The summed E-state index contributed by atoms with van der Waals surface area (Å²) in [5, 5.41) is 3.73. The molecule has 3 nitrogen and oxygen atoms in total. The standard InChI is InChI=1S/C16H18ClNO2S/c1-11-5-4-6-12(2)14(11)10-18-16-9-13(21(3,19)20)7-8-15(16)17/h4-9,18H,10H2,1-3H3. The molecule has 0 bridgehead atoms. The summed E-state index contributed by atoms with van der Waals surface area (Å²) in [7, 11) is -3.24. The topological polar surface area (TPSA) is 46.2 Å². The monoisotopic (exact) mass is 323 g/mol. The largest absolute Gasteiger partial charge is 0.380 e. The summed E-state index contributed by atoms with van der Waals surface area (Å²) in [5.74, 6) is 0. The van der Waals surface area contributed by atoms with Gasteiger partial charge in [-0.05, 0) is 48.7 Å². The highest BCUT2D eigenvalue weighted by Crippen LogP contribution is 2.26. The van der Waals surface area contributed by atoms with Crippen molar-refractivity contribution >= 4 is 27.1 Å². The quantitative estimate of drug-likeness (QED) is 0.926. The Labute approximate surface area is 130 Å². The first kappa shape index (κ1) is 15.9. The Morgan fingerprint density at radius 1 is 1.10 bits per heavy atom. The van der Waals surface area contributed by atoms with E-state index >= 15 is 0 Å². The summed E-state index contributed by atoms with van der Waals surface area (Å²) in [5.41, 5.74) is 4.20. The lowest BCUT2D eigenvalue weighted by atomic mass is 10.0. The van der Waals surface area contributed by atoms with Crippen molar-refractivity contribution < 1.29 is 8.42 Å². The molecule has 0 aliphatic rings. The molecule has 0 amide bonds. The Morgan fingerprint density at radius 2 is 1.71 bits per heavy atom. The minimum atomic E-state index is -3.24. The van der Waals surface area contributed by atoms with Crippen molar-refractivity contribution in [2.24, 2.45) is 0 Å². The van der Waals surface area contributed by atoms with E-state index in [1.54, 1.807) is 12.1 Å². The van der Waals surface area contributed by atoms with Gasteiger partial charge in [0.2, 0.25) is 0 Å². The maximum Gasteiger partial charge on any atom is 0.175 e. The normalized spacial score (nSPS) is 11.4. The fourth-order valence-electron chi connectivity index (χ4n) is 2.18. The van der Waals surface area contributed by atoms with Crippen LogP contribution in [0.3, 0.4) is 0 Å². The molecule has 0 saturated heterocycles. The van der Waals surface area contributed by atoms with Gasteiger partial charge in [0.1, 0.15) is 0 Å². The van der Waals surface area contributed by atoms with Crippen molar-refractivity contribution in [2.45, 2.75) is 25.3 Å². The van der Waals surface area contributed by atoms with Crippen LogP contribution in [0.4, 0.5) is 5.69 Å². The van der Waals surface area contributed by atoms with Gasteiger partial charge in [0.15, 0.2) is 9.84 Å². The summed E-state index contributed by atoms with van der Waals surface area (Å²) in [6.07, 6.45) is 1.19. The van der Waals surface area contributed by atoms with E-state index in [-0.39, 0.29) is 4.90 Å². The van der Waals surface area contributed by atoms with Crippen molar-refractivity contribution in [1.82, 2.24) is 0 Å². The van der Waals surface area contributed by atoms with E-state index in [1.807, 2.05) is 6.07 Å². The molecule has 2 rings (SSSR count). The third-order valence-electron chi connectivity index (χ3n) is 3.47. The van der Waals surface area contributed by atoms with Crippen LogP contribution in [0.5, 0.6) is 0 Å². The van der Waals surface area contributed by atoms with Gasteiger partial charge >= 0.3 is 0 Å². The van der Waals surface area contributed by atoms with E-state index in [1.165, 1.54) is 29.0 Å². The highest BCUT2D eigenvalue weighted by molar-refractivity contribution is 7.90. The Hall–Kier alpha value is -1.52. The van der Waals surface area contributed by atoms with E-state index in [0.29, 0.717) is 17.3 Å². The summed E-state index contributed by atoms with van der Waals surface area (Å²) in [6, 6.07) is 10.8. The van der Waals surface area contributed by atoms with Crippen molar-refractivity contribution in [3.8, 4) is 0 Å². The average Bonchev–Trinajstić information content (AvgIpc) is 2.38. The molecule has 0 unspecified atom stereocenters. The molecule has 0 heterocycles. The molecule has 0 aromatic heterocycles. The number of hydrogen-bond donors (Lipinski definition) is 1. The predicted octanol–water partition coefficient (Wildman–Crippen LogP) is 3.97. The van der Waals surface area contributed by atoms with Crippen LogP contribution in [0.2, 0.25) is 5.02 Å². The second kappa shape index (κ2) is 6.08. The number of sulfone groups is 1. The van der Waals surface area contributed by atoms with E-state index in [2.05, 4.69) is 31.3 Å². The third kappa shape index (κ3) is 3.77. The van der Waals surface area contributed by atoms with Crippen LogP contribution >= 0.6 is 11.6 Å². The van der Waals surface area contributed by atoms with Gasteiger partial charge in [0, 0.05) is 12.8 Å². The highest BCUT2D eigenvalue weighted by atomic mass is 35.5. The van der Waals surface area contributed by atoms with Gasteiger partial charge in [-0.15, -0.1) is 0 Å². The van der Waals surface area contributed by atoms with Crippen LogP contribution in [0, 0.1) is 13.8 Å². The lowest BCUT2D eigenvalue weighted by Crippen LogP contribution is -2.05. The first-order valence-electron chi connectivity index (χ1n) is 6.57.